The first-order chi connectivity index (χ1) is 14.0. The Bertz CT molecular complexity index is 882. The van der Waals surface area contributed by atoms with Crippen molar-refractivity contribution in [2.24, 2.45) is 0 Å². The van der Waals surface area contributed by atoms with Crippen LogP contribution in [0.1, 0.15) is 25.8 Å². The minimum absolute atomic E-state index is 0.170. The molecule has 2 aromatic carbocycles. The molecule has 0 unspecified atom stereocenters. The van der Waals surface area contributed by atoms with Crippen LogP contribution in [-0.2, 0) is 16.0 Å². The standard InChI is InChI=1S/C16H15ClO3S.C8H10/c1-2-20-16(19)8-11-6-7-14(10-15(11)17)21-13-5-3-4-12(18)9-13;1-3-5-7-8-6-4-2/h3-7,9-10,18H,2,8H2,1H3;1,4-7H,8H2,2H3/b;6-4+,7-5-. The lowest BCUT2D eigenvalue weighted by atomic mass is 10.1. The molecule has 0 fully saturated rings. The predicted molar refractivity (Wildman–Crippen MR) is 121 cm³/mol. The van der Waals surface area contributed by atoms with Gasteiger partial charge in [0.05, 0.1) is 13.0 Å². The molecule has 0 spiro atoms. The molecule has 0 bridgehead atoms. The summed E-state index contributed by atoms with van der Waals surface area (Å²) in [5.41, 5.74) is 0.746. The number of allylic oxidation sites excluding steroid dienone is 4. The Morgan fingerprint density at radius 1 is 1.24 bits per heavy atom. The fraction of sp³-hybridized carbons (Fsp3) is 0.208. The molecule has 1 N–H and O–H groups in total. The topological polar surface area (TPSA) is 46.5 Å². The van der Waals surface area contributed by atoms with Crippen LogP contribution in [0.15, 0.2) is 76.6 Å². The van der Waals surface area contributed by atoms with Gasteiger partial charge < -0.3 is 9.84 Å². The highest BCUT2D eigenvalue weighted by Crippen LogP contribution is 2.32. The van der Waals surface area contributed by atoms with Crippen LogP contribution in [0, 0.1) is 12.3 Å². The summed E-state index contributed by atoms with van der Waals surface area (Å²) in [4.78, 5) is 13.3. The third-order valence-electron chi connectivity index (χ3n) is 3.44. The van der Waals surface area contributed by atoms with Gasteiger partial charge in [-0.15, -0.1) is 6.42 Å². The molecule has 0 aromatic heterocycles. The molecule has 0 aliphatic heterocycles. The maximum absolute atomic E-state index is 11.5. The molecule has 0 amide bonds. The Hall–Kier alpha value is -2.61. The third-order valence-corrected chi connectivity index (χ3v) is 4.77. The largest absolute Gasteiger partial charge is 0.508 e. The van der Waals surface area contributed by atoms with Crippen molar-refractivity contribution in [3.05, 3.63) is 77.4 Å². The van der Waals surface area contributed by atoms with Crippen LogP contribution in [0.4, 0.5) is 0 Å². The quantitative estimate of drug-likeness (QED) is 0.313. The number of halogens is 1. The van der Waals surface area contributed by atoms with Crippen molar-refractivity contribution in [1.29, 1.82) is 0 Å². The van der Waals surface area contributed by atoms with Crippen molar-refractivity contribution in [2.75, 3.05) is 6.61 Å². The average molecular weight is 429 g/mol. The summed E-state index contributed by atoms with van der Waals surface area (Å²) >= 11 is 7.69. The van der Waals surface area contributed by atoms with Gasteiger partial charge in [0.1, 0.15) is 5.75 Å². The number of terminal acetylenes is 1. The maximum Gasteiger partial charge on any atom is 0.310 e. The first-order valence-electron chi connectivity index (χ1n) is 9.13. The molecule has 3 nitrogen and oxygen atoms in total. The van der Waals surface area contributed by atoms with E-state index in [2.05, 4.69) is 5.92 Å². The Morgan fingerprint density at radius 2 is 2.00 bits per heavy atom. The molecular weight excluding hydrogens is 404 g/mol. The first-order valence-corrected chi connectivity index (χ1v) is 10.3. The van der Waals surface area contributed by atoms with Gasteiger partial charge in [-0.3, -0.25) is 4.79 Å². The smallest absolute Gasteiger partial charge is 0.310 e. The number of aromatic hydroxyl groups is 1. The van der Waals surface area contributed by atoms with Crippen LogP contribution in [0.5, 0.6) is 5.75 Å². The number of ether oxygens (including phenoxy) is 1. The van der Waals surface area contributed by atoms with Gasteiger partial charge in [-0.25, -0.2) is 0 Å². The summed E-state index contributed by atoms with van der Waals surface area (Å²) in [6.07, 6.45) is 13.8. The summed E-state index contributed by atoms with van der Waals surface area (Å²) in [6, 6.07) is 12.5. The fourth-order valence-electron chi connectivity index (χ4n) is 2.14. The number of phenolic OH excluding ortho intramolecular Hbond substituents is 1. The number of hydrogen-bond acceptors (Lipinski definition) is 4. The van der Waals surface area contributed by atoms with E-state index in [4.69, 9.17) is 22.8 Å². The molecule has 0 radical (unpaired) electrons. The number of esters is 1. The van der Waals surface area contributed by atoms with Crippen LogP contribution in [0.2, 0.25) is 5.02 Å². The van der Waals surface area contributed by atoms with Crippen molar-refractivity contribution in [2.45, 2.75) is 36.5 Å². The molecule has 0 aliphatic rings. The predicted octanol–water partition coefficient (Wildman–Crippen LogP) is 6.44. The van der Waals surface area contributed by atoms with E-state index in [9.17, 15) is 9.90 Å². The number of carbonyl (C=O) groups is 1. The molecule has 29 heavy (non-hydrogen) atoms. The van der Waals surface area contributed by atoms with E-state index in [1.165, 1.54) is 11.8 Å². The molecule has 2 rings (SSSR count). The SMILES string of the molecule is C#C/C=C\C/C=C/C.CCOC(=O)Cc1ccc(Sc2cccc(O)c2)cc1Cl. The van der Waals surface area contributed by atoms with E-state index < -0.39 is 0 Å². The second-order valence-corrected chi connectivity index (χ2v) is 7.26. The molecule has 0 aliphatic carbocycles. The van der Waals surface area contributed by atoms with Gasteiger partial charge in [-0.1, -0.05) is 59.6 Å². The van der Waals surface area contributed by atoms with E-state index >= 15 is 0 Å². The molecular formula is C24H25ClO3S. The van der Waals surface area contributed by atoms with Crippen LogP contribution >= 0.6 is 23.4 Å². The van der Waals surface area contributed by atoms with Crippen molar-refractivity contribution in [1.82, 2.24) is 0 Å². The minimum Gasteiger partial charge on any atom is -0.508 e. The van der Waals surface area contributed by atoms with Gasteiger partial charge >= 0.3 is 5.97 Å². The van der Waals surface area contributed by atoms with Gasteiger partial charge in [-0.2, -0.15) is 0 Å². The molecule has 2 aromatic rings. The highest BCUT2D eigenvalue weighted by molar-refractivity contribution is 7.99. The fourth-order valence-corrected chi connectivity index (χ4v) is 3.36. The van der Waals surface area contributed by atoms with Crippen molar-refractivity contribution in [3.8, 4) is 18.1 Å². The normalized spacial score (nSPS) is 10.4. The second-order valence-electron chi connectivity index (χ2n) is 5.71. The van der Waals surface area contributed by atoms with Crippen molar-refractivity contribution >= 4 is 29.3 Å². The van der Waals surface area contributed by atoms with Crippen LogP contribution in [0.25, 0.3) is 0 Å². The summed E-state index contributed by atoms with van der Waals surface area (Å²) in [5, 5.41) is 9.98. The lowest BCUT2D eigenvalue weighted by molar-refractivity contribution is -0.142. The Balaban J connectivity index is 0.000000447. The van der Waals surface area contributed by atoms with E-state index in [0.717, 1.165) is 21.8 Å². The number of hydrogen-bond donors (Lipinski definition) is 1. The zero-order chi connectivity index (χ0) is 21.5. The first kappa shape index (κ1) is 24.4. The van der Waals surface area contributed by atoms with Crippen LogP contribution in [0.3, 0.4) is 0 Å². The van der Waals surface area contributed by atoms with Gasteiger partial charge in [0.15, 0.2) is 0 Å². The zero-order valence-corrected chi connectivity index (χ0v) is 18.2. The van der Waals surface area contributed by atoms with E-state index in [1.54, 1.807) is 31.2 Å². The number of benzene rings is 2. The number of carbonyl (C=O) groups excluding carboxylic acids is 1. The highest BCUT2D eigenvalue weighted by atomic mass is 35.5. The summed E-state index contributed by atoms with van der Waals surface area (Å²) in [5.74, 6) is 2.35. The van der Waals surface area contributed by atoms with Gasteiger partial charge in [0, 0.05) is 14.8 Å². The minimum atomic E-state index is -0.284. The lowest BCUT2D eigenvalue weighted by Crippen LogP contribution is -2.07. The van der Waals surface area contributed by atoms with Crippen molar-refractivity contribution < 1.29 is 14.6 Å². The third kappa shape index (κ3) is 10.5. The summed E-state index contributed by atoms with van der Waals surface area (Å²) < 4.78 is 4.91. The molecule has 0 saturated heterocycles. The summed E-state index contributed by atoms with van der Waals surface area (Å²) in [6.45, 7) is 4.13. The van der Waals surface area contributed by atoms with Crippen LogP contribution in [-0.4, -0.2) is 17.7 Å². The van der Waals surface area contributed by atoms with Crippen molar-refractivity contribution in [3.63, 3.8) is 0 Å². The molecule has 152 valence electrons. The molecule has 0 atom stereocenters. The molecule has 0 saturated carbocycles. The van der Waals surface area contributed by atoms with Crippen LogP contribution < -0.4 is 0 Å². The Morgan fingerprint density at radius 3 is 2.62 bits per heavy atom. The average Bonchev–Trinajstić information content (AvgIpc) is 2.68. The zero-order valence-electron chi connectivity index (χ0n) is 16.6. The van der Waals surface area contributed by atoms with E-state index in [-0.39, 0.29) is 18.1 Å². The Labute approximate surface area is 182 Å². The van der Waals surface area contributed by atoms with Gasteiger partial charge in [0.2, 0.25) is 0 Å². The molecule has 5 heteroatoms. The second kappa shape index (κ2) is 14.4. The maximum atomic E-state index is 11.5. The number of phenols is 1. The van der Waals surface area contributed by atoms with E-state index in [1.807, 2.05) is 49.4 Å². The van der Waals surface area contributed by atoms with Gasteiger partial charge in [-0.05, 0) is 62.2 Å². The lowest BCUT2D eigenvalue weighted by Gasteiger charge is -2.07. The Kier molecular flexibility index (Phi) is 12.1. The van der Waals surface area contributed by atoms with Gasteiger partial charge in [0.25, 0.3) is 0 Å². The molecule has 0 heterocycles. The number of rotatable bonds is 7. The monoisotopic (exact) mass is 428 g/mol. The van der Waals surface area contributed by atoms with E-state index in [0.29, 0.717) is 11.6 Å². The summed E-state index contributed by atoms with van der Waals surface area (Å²) in [7, 11) is 0. The highest BCUT2D eigenvalue weighted by Gasteiger charge is 2.09.